The van der Waals surface area contributed by atoms with Crippen LogP contribution in [0.25, 0.3) is 0 Å². The van der Waals surface area contributed by atoms with Crippen LogP contribution in [-0.2, 0) is 4.79 Å². The maximum absolute atomic E-state index is 10.7. The average molecular weight is 191 g/mol. The van der Waals surface area contributed by atoms with Crippen molar-refractivity contribution in [1.29, 1.82) is 0 Å². The number of rotatable bonds is 6. The smallest absolute Gasteiger partial charge is 0.316 e. The number of carbonyl (C=O) groups is 1. The summed E-state index contributed by atoms with van der Waals surface area (Å²) in [4.78, 5) is 10.7. The number of aliphatic carboxylic acids is 1. The van der Waals surface area contributed by atoms with E-state index in [1.54, 1.807) is 0 Å². The van der Waals surface area contributed by atoms with Gasteiger partial charge in [-0.15, -0.1) is 11.8 Å². The van der Waals surface area contributed by atoms with Crippen molar-refractivity contribution in [2.75, 3.05) is 6.54 Å². The Kier molecular flexibility index (Phi) is 6.20. The molecule has 0 aromatic rings. The van der Waals surface area contributed by atoms with E-state index in [9.17, 15) is 4.79 Å². The molecule has 0 spiro atoms. The zero-order valence-corrected chi connectivity index (χ0v) is 8.43. The van der Waals surface area contributed by atoms with E-state index in [-0.39, 0.29) is 10.5 Å². The van der Waals surface area contributed by atoms with Gasteiger partial charge in [-0.3, -0.25) is 4.79 Å². The lowest BCUT2D eigenvalue weighted by atomic mass is 10.2. The van der Waals surface area contributed by atoms with Crippen LogP contribution in [0.2, 0.25) is 0 Å². The third-order valence-corrected chi connectivity index (χ3v) is 2.98. The monoisotopic (exact) mass is 191 g/mol. The molecule has 4 heteroatoms. The molecule has 0 aliphatic rings. The molecule has 3 N–H and O–H groups in total. The first-order chi connectivity index (χ1) is 5.61. The molecule has 0 saturated heterocycles. The SMILES string of the molecule is CCCC(SC(C)CN)C(=O)O. The van der Waals surface area contributed by atoms with Gasteiger partial charge in [0.2, 0.25) is 0 Å². The molecule has 0 aliphatic carbocycles. The highest BCUT2D eigenvalue weighted by molar-refractivity contribution is 8.01. The van der Waals surface area contributed by atoms with Gasteiger partial charge in [0.15, 0.2) is 0 Å². The summed E-state index contributed by atoms with van der Waals surface area (Å²) in [7, 11) is 0. The van der Waals surface area contributed by atoms with E-state index < -0.39 is 5.97 Å². The van der Waals surface area contributed by atoms with Gasteiger partial charge in [-0.2, -0.15) is 0 Å². The van der Waals surface area contributed by atoms with Crippen LogP contribution in [0.4, 0.5) is 0 Å². The van der Waals surface area contributed by atoms with Gasteiger partial charge in [0.1, 0.15) is 5.25 Å². The molecule has 72 valence electrons. The summed E-state index contributed by atoms with van der Waals surface area (Å²) in [6.45, 7) is 4.48. The Morgan fingerprint density at radius 3 is 2.58 bits per heavy atom. The first-order valence-electron chi connectivity index (χ1n) is 4.20. The van der Waals surface area contributed by atoms with E-state index in [4.69, 9.17) is 10.8 Å². The van der Waals surface area contributed by atoms with Crippen molar-refractivity contribution < 1.29 is 9.90 Å². The molecule has 0 rings (SSSR count). The summed E-state index contributed by atoms with van der Waals surface area (Å²) >= 11 is 1.45. The zero-order chi connectivity index (χ0) is 9.56. The Morgan fingerprint density at radius 2 is 2.25 bits per heavy atom. The van der Waals surface area contributed by atoms with E-state index in [2.05, 4.69) is 0 Å². The number of thioether (sulfide) groups is 1. The summed E-state index contributed by atoms with van der Waals surface area (Å²) in [6, 6.07) is 0. The highest BCUT2D eigenvalue weighted by Crippen LogP contribution is 2.21. The lowest BCUT2D eigenvalue weighted by Gasteiger charge is -2.14. The van der Waals surface area contributed by atoms with Crippen LogP contribution in [0, 0.1) is 0 Å². The summed E-state index contributed by atoms with van der Waals surface area (Å²) in [5, 5.41) is 8.74. The van der Waals surface area contributed by atoms with Crippen molar-refractivity contribution in [3.8, 4) is 0 Å². The minimum absolute atomic E-state index is 0.234. The predicted molar refractivity (Wildman–Crippen MR) is 52.4 cm³/mol. The molecule has 0 aliphatic heterocycles. The Balaban J connectivity index is 3.86. The Morgan fingerprint density at radius 1 is 1.67 bits per heavy atom. The van der Waals surface area contributed by atoms with Gasteiger partial charge in [-0.25, -0.2) is 0 Å². The Labute approximate surface area is 77.7 Å². The normalized spacial score (nSPS) is 15.6. The minimum atomic E-state index is -0.720. The van der Waals surface area contributed by atoms with Crippen molar-refractivity contribution in [3.05, 3.63) is 0 Å². The minimum Gasteiger partial charge on any atom is -0.480 e. The third-order valence-electron chi connectivity index (χ3n) is 1.55. The quantitative estimate of drug-likeness (QED) is 0.664. The van der Waals surface area contributed by atoms with E-state index in [1.165, 1.54) is 11.8 Å². The molecule has 0 bridgehead atoms. The molecule has 0 amide bonds. The largest absolute Gasteiger partial charge is 0.480 e. The standard InChI is InChI=1S/C8H17NO2S/c1-3-4-7(8(10)11)12-6(2)5-9/h6-7H,3-5,9H2,1-2H3,(H,10,11). The molecule has 0 fully saturated rings. The van der Waals surface area contributed by atoms with Gasteiger partial charge in [0, 0.05) is 11.8 Å². The fraction of sp³-hybridized carbons (Fsp3) is 0.875. The molecular weight excluding hydrogens is 174 g/mol. The van der Waals surface area contributed by atoms with E-state index in [0.29, 0.717) is 6.54 Å². The second kappa shape index (κ2) is 6.31. The number of nitrogens with two attached hydrogens (primary N) is 1. The molecule has 2 unspecified atom stereocenters. The highest BCUT2D eigenvalue weighted by atomic mass is 32.2. The van der Waals surface area contributed by atoms with Crippen LogP contribution in [0.1, 0.15) is 26.7 Å². The molecular formula is C8H17NO2S. The summed E-state index contributed by atoms with van der Waals surface area (Å²) < 4.78 is 0. The maximum Gasteiger partial charge on any atom is 0.316 e. The first kappa shape index (κ1) is 11.8. The molecule has 3 nitrogen and oxygen atoms in total. The Hall–Kier alpha value is -0.220. The fourth-order valence-electron chi connectivity index (χ4n) is 0.848. The van der Waals surface area contributed by atoms with Gasteiger partial charge in [-0.05, 0) is 6.42 Å². The van der Waals surface area contributed by atoms with Gasteiger partial charge >= 0.3 is 5.97 Å². The molecule has 0 aromatic carbocycles. The van der Waals surface area contributed by atoms with Crippen molar-refractivity contribution in [2.45, 2.75) is 37.2 Å². The van der Waals surface area contributed by atoms with E-state index >= 15 is 0 Å². The maximum atomic E-state index is 10.7. The van der Waals surface area contributed by atoms with Crippen LogP contribution in [0.15, 0.2) is 0 Å². The lowest BCUT2D eigenvalue weighted by Crippen LogP contribution is -2.22. The van der Waals surface area contributed by atoms with E-state index in [0.717, 1.165) is 12.8 Å². The number of hydrogen-bond acceptors (Lipinski definition) is 3. The summed E-state index contributed by atoms with van der Waals surface area (Å²) in [5.74, 6) is -0.720. The summed E-state index contributed by atoms with van der Waals surface area (Å²) in [5.41, 5.74) is 5.40. The van der Waals surface area contributed by atoms with Gasteiger partial charge in [-0.1, -0.05) is 20.3 Å². The van der Waals surface area contributed by atoms with Crippen LogP contribution in [-0.4, -0.2) is 28.1 Å². The second-order valence-corrected chi connectivity index (χ2v) is 4.44. The molecule has 0 radical (unpaired) electrons. The van der Waals surface area contributed by atoms with Crippen molar-refractivity contribution >= 4 is 17.7 Å². The van der Waals surface area contributed by atoms with Crippen LogP contribution < -0.4 is 5.73 Å². The topological polar surface area (TPSA) is 63.3 Å². The second-order valence-electron chi connectivity index (χ2n) is 2.80. The molecule has 2 atom stereocenters. The van der Waals surface area contributed by atoms with Gasteiger partial charge < -0.3 is 10.8 Å². The number of carboxylic acids is 1. The lowest BCUT2D eigenvalue weighted by molar-refractivity contribution is -0.136. The molecule has 12 heavy (non-hydrogen) atoms. The summed E-state index contributed by atoms with van der Waals surface area (Å²) in [6.07, 6.45) is 1.63. The fourth-order valence-corrected chi connectivity index (χ4v) is 2.01. The van der Waals surface area contributed by atoms with Crippen molar-refractivity contribution in [2.24, 2.45) is 5.73 Å². The van der Waals surface area contributed by atoms with Crippen molar-refractivity contribution in [1.82, 2.24) is 0 Å². The number of hydrogen-bond donors (Lipinski definition) is 2. The van der Waals surface area contributed by atoms with E-state index in [1.807, 2.05) is 13.8 Å². The number of carboxylic acid groups (broad SMARTS) is 1. The van der Waals surface area contributed by atoms with Crippen LogP contribution >= 0.6 is 11.8 Å². The molecule has 0 heterocycles. The van der Waals surface area contributed by atoms with Gasteiger partial charge in [0.05, 0.1) is 0 Å². The highest BCUT2D eigenvalue weighted by Gasteiger charge is 2.18. The zero-order valence-electron chi connectivity index (χ0n) is 7.62. The first-order valence-corrected chi connectivity index (χ1v) is 5.14. The third kappa shape index (κ3) is 4.62. The van der Waals surface area contributed by atoms with Crippen LogP contribution in [0.3, 0.4) is 0 Å². The van der Waals surface area contributed by atoms with Crippen molar-refractivity contribution in [3.63, 3.8) is 0 Å². The average Bonchev–Trinajstić information content (AvgIpc) is 2.03. The van der Waals surface area contributed by atoms with Crippen LogP contribution in [0.5, 0.6) is 0 Å². The van der Waals surface area contributed by atoms with Gasteiger partial charge in [0.25, 0.3) is 0 Å². The molecule has 0 aromatic heterocycles. The predicted octanol–water partition coefficient (Wildman–Crippen LogP) is 1.32. The Bertz CT molecular complexity index is 141. The molecule has 0 saturated carbocycles.